The van der Waals surface area contributed by atoms with E-state index in [0.29, 0.717) is 31.9 Å². The van der Waals surface area contributed by atoms with Crippen LogP contribution in [0, 0.1) is 0 Å². The van der Waals surface area contributed by atoms with Crippen molar-refractivity contribution in [2.24, 2.45) is 0 Å². The molecule has 0 aromatic carbocycles. The number of rotatable bonds is 5. The molecule has 5 nitrogen and oxygen atoms in total. The summed E-state index contributed by atoms with van der Waals surface area (Å²) in [5.41, 5.74) is 7.95. The van der Waals surface area contributed by atoms with E-state index in [1.54, 1.807) is 17.5 Å². The van der Waals surface area contributed by atoms with Gasteiger partial charge in [0.15, 0.2) is 0 Å². The van der Waals surface area contributed by atoms with E-state index in [1.165, 1.54) is 0 Å². The Hall–Kier alpha value is -1.92. The van der Waals surface area contributed by atoms with Crippen LogP contribution in [0.5, 0.6) is 0 Å². The predicted molar refractivity (Wildman–Crippen MR) is 91.3 cm³/mol. The molecule has 1 saturated heterocycles. The van der Waals surface area contributed by atoms with Crippen LogP contribution in [0.4, 0.5) is 5.82 Å². The lowest BCUT2D eigenvalue weighted by molar-refractivity contribution is -0.138. The number of thiophene rings is 1. The molecule has 1 aliphatic heterocycles. The van der Waals surface area contributed by atoms with Crippen LogP contribution in [0.2, 0.25) is 0 Å². The van der Waals surface area contributed by atoms with Crippen LogP contribution in [0.15, 0.2) is 35.2 Å². The van der Waals surface area contributed by atoms with Gasteiger partial charge >= 0.3 is 0 Å². The summed E-state index contributed by atoms with van der Waals surface area (Å²) in [4.78, 5) is 18.3. The molecule has 1 atom stereocenters. The van der Waals surface area contributed by atoms with Crippen molar-refractivity contribution in [1.29, 1.82) is 0 Å². The average molecular weight is 331 g/mol. The summed E-state index contributed by atoms with van der Waals surface area (Å²) >= 11 is 1.62. The zero-order chi connectivity index (χ0) is 16.1. The van der Waals surface area contributed by atoms with Gasteiger partial charge < -0.3 is 15.4 Å². The van der Waals surface area contributed by atoms with Crippen LogP contribution in [0.3, 0.4) is 0 Å². The van der Waals surface area contributed by atoms with Crippen LogP contribution in [0.1, 0.15) is 17.5 Å². The molecule has 0 radical (unpaired) electrons. The monoisotopic (exact) mass is 331 g/mol. The standard InChI is InChI=1S/C17H21N3O2S/c18-16-9-13(3-5-19-16)1-2-15-11-20(6-7-22-15)17(21)10-14-4-8-23-12-14/h3-5,8-9,12,15H,1-2,6-7,10-11H2,(H2,18,19)/t15-/m1/s1. The molecule has 0 aliphatic carbocycles. The first-order valence-electron chi connectivity index (χ1n) is 7.81. The van der Waals surface area contributed by atoms with Gasteiger partial charge in [-0.1, -0.05) is 0 Å². The van der Waals surface area contributed by atoms with E-state index in [9.17, 15) is 4.79 Å². The molecule has 3 rings (SSSR count). The molecule has 0 spiro atoms. The molecule has 122 valence electrons. The van der Waals surface area contributed by atoms with Gasteiger partial charge in [0, 0.05) is 19.3 Å². The topological polar surface area (TPSA) is 68.5 Å². The molecular weight excluding hydrogens is 310 g/mol. The molecule has 0 unspecified atom stereocenters. The number of aromatic nitrogens is 1. The van der Waals surface area contributed by atoms with Gasteiger partial charge in [-0.15, -0.1) is 0 Å². The van der Waals surface area contributed by atoms with Crippen LogP contribution in [-0.2, 0) is 22.4 Å². The van der Waals surface area contributed by atoms with Crippen LogP contribution in [0.25, 0.3) is 0 Å². The van der Waals surface area contributed by atoms with Crippen molar-refractivity contribution in [3.05, 3.63) is 46.3 Å². The maximum Gasteiger partial charge on any atom is 0.227 e. The number of anilines is 1. The Balaban J connectivity index is 1.50. The largest absolute Gasteiger partial charge is 0.384 e. The van der Waals surface area contributed by atoms with Gasteiger partial charge in [-0.3, -0.25) is 4.79 Å². The second-order valence-corrected chi connectivity index (χ2v) is 6.55. The summed E-state index contributed by atoms with van der Waals surface area (Å²) < 4.78 is 5.81. The van der Waals surface area contributed by atoms with Gasteiger partial charge in [-0.2, -0.15) is 11.3 Å². The van der Waals surface area contributed by atoms with Crippen molar-refractivity contribution >= 4 is 23.1 Å². The van der Waals surface area contributed by atoms with E-state index < -0.39 is 0 Å². The predicted octanol–water partition coefficient (Wildman–Crippen LogP) is 2.13. The van der Waals surface area contributed by atoms with Crippen molar-refractivity contribution in [2.45, 2.75) is 25.4 Å². The van der Waals surface area contributed by atoms with Gasteiger partial charge in [0.05, 0.1) is 19.1 Å². The average Bonchev–Trinajstić information content (AvgIpc) is 3.06. The molecule has 3 heterocycles. The molecule has 0 bridgehead atoms. The first kappa shape index (κ1) is 16.0. The van der Waals surface area contributed by atoms with E-state index in [4.69, 9.17) is 10.5 Å². The Labute approximate surface area is 140 Å². The van der Waals surface area contributed by atoms with Crippen LogP contribution in [-0.4, -0.2) is 41.6 Å². The molecule has 2 aromatic rings. The van der Waals surface area contributed by atoms with Gasteiger partial charge in [0.1, 0.15) is 5.82 Å². The van der Waals surface area contributed by atoms with E-state index in [1.807, 2.05) is 33.9 Å². The summed E-state index contributed by atoms with van der Waals surface area (Å²) in [6.45, 7) is 1.96. The number of nitrogens with two attached hydrogens (primary N) is 1. The third-order valence-corrected chi connectivity index (χ3v) is 4.76. The normalized spacial score (nSPS) is 18.1. The summed E-state index contributed by atoms with van der Waals surface area (Å²) in [6, 6.07) is 5.87. The number of nitrogens with zero attached hydrogens (tertiary/aromatic N) is 2. The van der Waals surface area contributed by atoms with Gasteiger partial charge in [-0.05, 0) is 52.9 Å². The molecule has 1 aliphatic rings. The number of carbonyl (C=O) groups is 1. The fourth-order valence-electron chi connectivity index (χ4n) is 2.78. The molecule has 23 heavy (non-hydrogen) atoms. The molecule has 0 saturated carbocycles. The zero-order valence-corrected chi connectivity index (χ0v) is 13.8. The third-order valence-electron chi connectivity index (χ3n) is 4.03. The van der Waals surface area contributed by atoms with Crippen molar-refractivity contribution in [1.82, 2.24) is 9.88 Å². The highest BCUT2D eigenvalue weighted by Crippen LogP contribution is 2.15. The minimum Gasteiger partial charge on any atom is -0.384 e. The number of pyridine rings is 1. The van der Waals surface area contributed by atoms with E-state index in [2.05, 4.69) is 4.98 Å². The van der Waals surface area contributed by atoms with Crippen molar-refractivity contribution < 1.29 is 9.53 Å². The lowest BCUT2D eigenvalue weighted by atomic mass is 10.1. The third kappa shape index (κ3) is 4.53. The van der Waals surface area contributed by atoms with Crippen LogP contribution < -0.4 is 5.73 Å². The summed E-state index contributed by atoms with van der Waals surface area (Å²) in [5.74, 6) is 0.726. The Bertz CT molecular complexity index is 645. The number of morpholine rings is 1. The number of nitrogen functional groups attached to an aromatic ring is 1. The first-order valence-corrected chi connectivity index (χ1v) is 8.76. The molecule has 2 aromatic heterocycles. The highest BCUT2D eigenvalue weighted by atomic mass is 32.1. The number of ether oxygens (including phenoxy) is 1. The Kier molecular flexibility index (Phi) is 5.25. The fourth-order valence-corrected chi connectivity index (χ4v) is 3.45. The van der Waals surface area contributed by atoms with Crippen LogP contribution >= 0.6 is 11.3 Å². The highest BCUT2D eigenvalue weighted by molar-refractivity contribution is 7.07. The second-order valence-electron chi connectivity index (χ2n) is 5.77. The SMILES string of the molecule is Nc1cc(CC[C@@H]2CN(C(=O)Cc3ccsc3)CCO2)ccn1. The second kappa shape index (κ2) is 7.57. The lowest BCUT2D eigenvalue weighted by Crippen LogP contribution is -2.46. The first-order chi connectivity index (χ1) is 11.2. The minimum absolute atomic E-state index is 0.0876. The highest BCUT2D eigenvalue weighted by Gasteiger charge is 2.24. The van der Waals surface area contributed by atoms with E-state index in [-0.39, 0.29) is 12.0 Å². The van der Waals surface area contributed by atoms with Gasteiger partial charge in [0.25, 0.3) is 0 Å². The maximum atomic E-state index is 12.4. The Morgan fingerprint density at radius 1 is 1.43 bits per heavy atom. The minimum atomic E-state index is 0.0876. The number of hydrogen-bond acceptors (Lipinski definition) is 5. The molecular formula is C17H21N3O2S. The number of hydrogen-bond donors (Lipinski definition) is 1. The van der Waals surface area contributed by atoms with Gasteiger partial charge in [-0.25, -0.2) is 4.98 Å². The lowest BCUT2D eigenvalue weighted by Gasteiger charge is -2.33. The smallest absolute Gasteiger partial charge is 0.227 e. The number of amides is 1. The quantitative estimate of drug-likeness (QED) is 0.911. The number of carbonyl (C=O) groups excluding carboxylic acids is 1. The van der Waals surface area contributed by atoms with Crippen molar-refractivity contribution in [2.75, 3.05) is 25.4 Å². The molecule has 6 heteroatoms. The maximum absolute atomic E-state index is 12.4. The summed E-state index contributed by atoms with van der Waals surface area (Å²) in [7, 11) is 0. The van der Waals surface area contributed by atoms with Crippen molar-refractivity contribution in [3.8, 4) is 0 Å². The Morgan fingerprint density at radius 2 is 2.35 bits per heavy atom. The van der Waals surface area contributed by atoms with Crippen molar-refractivity contribution in [3.63, 3.8) is 0 Å². The fraction of sp³-hybridized carbons (Fsp3) is 0.412. The van der Waals surface area contributed by atoms with E-state index in [0.717, 1.165) is 24.0 Å². The van der Waals surface area contributed by atoms with Gasteiger partial charge in [0.2, 0.25) is 5.91 Å². The van der Waals surface area contributed by atoms with E-state index >= 15 is 0 Å². The number of aryl methyl sites for hydroxylation is 1. The Morgan fingerprint density at radius 3 is 3.13 bits per heavy atom. The summed E-state index contributed by atoms with van der Waals surface area (Å²) in [6.07, 6.45) is 4.06. The summed E-state index contributed by atoms with van der Waals surface area (Å²) in [5, 5.41) is 4.04. The molecule has 1 amide bonds. The molecule has 2 N–H and O–H groups in total. The zero-order valence-electron chi connectivity index (χ0n) is 13.0. The molecule has 1 fully saturated rings.